The fraction of sp³-hybridized carbons (Fsp3) is 0.800. The fourth-order valence-electron chi connectivity index (χ4n) is 1.02. The number of nitrogens with one attached hydrogen (secondary N) is 2. The van der Waals surface area contributed by atoms with Gasteiger partial charge in [0.05, 0.1) is 12.5 Å². The van der Waals surface area contributed by atoms with Gasteiger partial charge in [0.15, 0.2) is 0 Å². The molecule has 0 fully saturated rings. The van der Waals surface area contributed by atoms with Crippen LogP contribution in [0.1, 0.15) is 13.8 Å². The molecule has 0 saturated heterocycles. The maximum absolute atomic E-state index is 11.7. The molecular formula is C10H17F3N2O4. The van der Waals surface area contributed by atoms with Gasteiger partial charge in [-0.3, -0.25) is 4.79 Å². The molecular weight excluding hydrogens is 269 g/mol. The minimum Gasteiger partial charge on any atom is -0.481 e. The number of aliphatic carboxylic acids is 1. The molecule has 6 nitrogen and oxygen atoms in total. The van der Waals surface area contributed by atoms with E-state index in [-0.39, 0.29) is 13.2 Å². The third-order valence-corrected chi connectivity index (χ3v) is 2.30. The van der Waals surface area contributed by atoms with Crippen molar-refractivity contribution in [2.75, 3.05) is 19.8 Å². The summed E-state index contributed by atoms with van der Waals surface area (Å²) in [7, 11) is 0. The Balaban J connectivity index is 3.73. The van der Waals surface area contributed by atoms with E-state index in [1.165, 1.54) is 13.8 Å². The maximum Gasteiger partial charge on any atom is 0.411 e. The predicted molar refractivity (Wildman–Crippen MR) is 59.7 cm³/mol. The first-order valence-corrected chi connectivity index (χ1v) is 5.55. The van der Waals surface area contributed by atoms with Crippen LogP contribution in [-0.4, -0.2) is 49.1 Å². The number of carbonyl (C=O) groups excluding carboxylic acids is 1. The van der Waals surface area contributed by atoms with Crippen molar-refractivity contribution in [1.29, 1.82) is 0 Å². The van der Waals surface area contributed by atoms with Crippen LogP contribution in [0.15, 0.2) is 0 Å². The second kappa shape index (κ2) is 7.82. The summed E-state index contributed by atoms with van der Waals surface area (Å²) in [6, 6.07) is -1.26. The molecule has 0 aliphatic rings. The minimum atomic E-state index is -4.40. The quantitative estimate of drug-likeness (QED) is 0.609. The number of halogens is 3. The zero-order valence-corrected chi connectivity index (χ0v) is 10.6. The van der Waals surface area contributed by atoms with Gasteiger partial charge in [-0.05, 0) is 13.8 Å². The highest BCUT2D eigenvalue weighted by Crippen LogP contribution is 2.13. The van der Waals surface area contributed by atoms with E-state index in [2.05, 4.69) is 15.4 Å². The van der Waals surface area contributed by atoms with E-state index >= 15 is 0 Å². The molecule has 0 radical (unpaired) electrons. The third kappa shape index (κ3) is 9.11. The van der Waals surface area contributed by atoms with E-state index in [1.54, 1.807) is 0 Å². The third-order valence-electron chi connectivity index (χ3n) is 2.30. The first-order valence-electron chi connectivity index (χ1n) is 5.55. The number of urea groups is 1. The van der Waals surface area contributed by atoms with E-state index in [0.29, 0.717) is 0 Å². The highest BCUT2D eigenvalue weighted by Gasteiger charge is 2.27. The lowest BCUT2D eigenvalue weighted by Crippen LogP contribution is -2.46. The van der Waals surface area contributed by atoms with Gasteiger partial charge in [-0.2, -0.15) is 13.2 Å². The van der Waals surface area contributed by atoms with Crippen molar-refractivity contribution in [2.45, 2.75) is 26.1 Å². The molecule has 0 saturated carbocycles. The molecule has 0 aromatic carbocycles. The van der Waals surface area contributed by atoms with E-state index < -0.39 is 36.7 Å². The number of rotatable bonds is 7. The summed E-state index contributed by atoms with van der Waals surface area (Å²) in [6.07, 6.45) is -4.40. The summed E-state index contributed by atoms with van der Waals surface area (Å²) in [6.45, 7) is 1.19. The van der Waals surface area contributed by atoms with Gasteiger partial charge in [-0.1, -0.05) is 0 Å². The predicted octanol–water partition coefficient (Wildman–Crippen LogP) is 0.974. The van der Waals surface area contributed by atoms with Crippen LogP contribution < -0.4 is 10.6 Å². The fourth-order valence-corrected chi connectivity index (χ4v) is 1.02. The van der Waals surface area contributed by atoms with Crippen molar-refractivity contribution in [2.24, 2.45) is 5.92 Å². The van der Waals surface area contributed by atoms with Gasteiger partial charge in [-0.15, -0.1) is 0 Å². The molecule has 0 rings (SSSR count). The highest BCUT2D eigenvalue weighted by molar-refractivity contribution is 5.76. The molecule has 0 aromatic heterocycles. The first kappa shape index (κ1) is 17.5. The molecule has 0 bridgehead atoms. The summed E-state index contributed by atoms with van der Waals surface area (Å²) < 4.78 is 39.4. The summed E-state index contributed by atoms with van der Waals surface area (Å²) in [4.78, 5) is 21.9. The van der Waals surface area contributed by atoms with Crippen molar-refractivity contribution in [1.82, 2.24) is 10.6 Å². The van der Waals surface area contributed by atoms with Crippen LogP contribution in [-0.2, 0) is 9.53 Å². The SMILES string of the molecule is CC(NC(=O)NCCOCC(F)(F)F)C(C)C(=O)O. The van der Waals surface area contributed by atoms with Crippen LogP contribution in [0, 0.1) is 5.92 Å². The molecule has 0 aliphatic heterocycles. The topological polar surface area (TPSA) is 87.7 Å². The van der Waals surface area contributed by atoms with E-state index in [1.807, 2.05) is 0 Å². The van der Waals surface area contributed by atoms with Gasteiger partial charge in [0.1, 0.15) is 6.61 Å². The summed E-state index contributed by atoms with van der Waals surface area (Å²) >= 11 is 0. The Kier molecular flexibility index (Phi) is 7.20. The summed E-state index contributed by atoms with van der Waals surface area (Å²) in [5.41, 5.74) is 0. The average Bonchev–Trinajstić information content (AvgIpc) is 2.25. The van der Waals surface area contributed by atoms with Gasteiger partial charge in [0.2, 0.25) is 0 Å². The van der Waals surface area contributed by atoms with E-state index in [4.69, 9.17) is 5.11 Å². The monoisotopic (exact) mass is 286 g/mol. The van der Waals surface area contributed by atoms with Crippen LogP contribution in [0.4, 0.5) is 18.0 Å². The molecule has 2 atom stereocenters. The van der Waals surface area contributed by atoms with Crippen LogP contribution in [0.25, 0.3) is 0 Å². The number of carboxylic acids is 1. The molecule has 0 aromatic rings. The Morgan fingerprint density at radius 3 is 2.37 bits per heavy atom. The first-order chi connectivity index (χ1) is 8.63. The highest BCUT2D eigenvalue weighted by atomic mass is 19.4. The van der Waals surface area contributed by atoms with Crippen LogP contribution in [0.3, 0.4) is 0 Å². The lowest BCUT2D eigenvalue weighted by molar-refractivity contribution is -0.173. The number of alkyl halides is 3. The minimum absolute atomic E-state index is 0.101. The molecule has 2 unspecified atom stereocenters. The van der Waals surface area contributed by atoms with Crippen LogP contribution >= 0.6 is 0 Å². The van der Waals surface area contributed by atoms with Gasteiger partial charge in [0, 0.05) is 12.6 Å². The van der Waals surface area contributed by atoms with Gasteiger partial charge in [0.25, 0.3) is 0 Å². The lowest BCUT2D eigenvalue weighted by Gasteiger charge is -2.18. The Morgan fingerprint density at radius 2 is 1.89 bits per heavy atom. The van der Waals surface area contributed by atoms with Crippen molar-refractivity contribution in [3.63, 3.8) is 0 Å². The molecule has 9 heteroatoms. The van der Waals surface area contributed by atoms with E-state index in [9.17, 15) is 22.8 Å². The number of ether oxygens (including phenoxy) is 1. The number of carbonyl (C=O) groups is 2. The van der Waals surface area contributed by atoms with Crippen LogP contribution in [0.2, 0.25) is 0 Å². The maximum atomic E-state index is 11.7. The smallest absolute Gasteiger partial charge is 0.411 e. The number of hydrogen-bond acceptors (Lipinski definition) is 3. The second-order valence-electron chi connectivity index (χ2n) is 3.98. The van der Waals surface area contributed by atoms with Gasteiger partial charge in [-0.25, -0.2) is 4.79 Å². The van der Waals surface area contributed by atoms with Gasteiger partial charge >= 0.3 is 18.2 Å². The molecule has 2 amide bonds. The lowest BCUT2D eigenvalue weighted by atomic mass is 10.0. The molecule has 0 heterocycles. The summed E-state index contributed by atoms with van der Waals surface area (Å²) in [5.74, 6) is -1.83. The Bertz CT molecular complexity index is 310. The Morgan fingerprint density at radius 1 is 1.32 bits per heavy atom. The van der Waals surface area contributed by atoms with Crippen molar-refractivity contribution in [3.05, 3.63) is 0 Å². The zero-order chi connectivity index (χ0) is 15.1. The number of carboxylic acid groups (broad SMARTS) is 1. The van der Waals surface area contributed by atoms with Gasteiger partial charge < -0.3 is 20.5 Å². The summed E-state index contributed by atoms with van der Waals surface area (Å²) in [5, 5.41) is 13.3. The van der Waals surface area contributed by atoms with Crippen LogP contribution in [0.5, 0.6) is 0 Å². The van der Waals surface area contributed by atoms with Crippen molar-refractivity contribution < 1.29 is 32.6 Å². The molecule has 19 heavy (non-hydrogen) atoms. The number of amides is 2. The molecule has 0 spiro atoms. The second-order valence-corrected chi connectivity index (χ2v) is 3.98. The largest absolute Gasteiger partial charge is 0.481 e. The zero-order valence-electron chi connectivity index (χ0n) is 10.6. The van der Waals surface area contributed by atoms with Crippen molar-refractivity contribution in [3.8, 4) is 0 Å². The average molecular weight is 286 g/mol. The normalized spacial score (nSPS) is 14.6. The number of hydrogen-bond donors (Lipinski definition) is 3. The Hall–Kier alpha value is -1.51. The van der Waals surface area contributed by atoms with Crippen molar-refractivity contribution >= 4 is 12.0 Å². The Labute approximate surface area is 108 Å². The molecule has 3 N–H and O–H groups in total. The van der Waals surface area contributed by atoms with E-state index in [0.717, 1.165) is 0 Å². The molecule has 0 aliphatic carbocycles. The molecule has 112 valence electrons. The standard InChI is InChI=1S/C10H17F3N2O4/c1-6(8(16)17)7(2)15-9(18)14-3-4-19-5-10(11,12)13/h6-7H,3-5H2,1-2H3,(H,16,17)(H2,14,15,18).